The Morgan fingerprint density at radius 3 is 1.95 bits per heavy atom. The minimum absolute atomic E-state index is 0.0339. The minimum Gasteiger partial charge on any atom is -0.394 e. The van der Waals surface area contributed by atoms with E-state index < -0.39 is 97.9 Å². The molecule has 17 heteroatoms. The summed E-state index contributed by atoms with van der Waals surface area (Å²) in [5.74, 6) is 1.25. The van der Waals surface area contributed by atoms with Crippen molar-refractivity contribution in [3.05, 3.63) is 0 Å². The maximum atomic E-state index is 12.8. The Morgan fingerprint density at radius 2 is 1.32 bits per heavy atom. The molecule has 9 N–H and O–H groups in total. The first-order valence-electron chi connectivity index (χ1n) is 22.7. The standard InChI is InChI=1S/C43H70O17/c1-19-7-12-42(55-16-19)20(2)43(52)29(60-42)14-25-23-6-5-21-13-22(8-10-40(21,3)24(23)9-11-41(25,43)4)56-39-36(59-38-33(50)31(48)27(46)18-54-38)34(51)35(28(15-44)57-39)58-37-32(49)30(47)26(45)17-53-37/h19-39,44-52H,5-18H2,1-4H3. The van der Waals surface area contributed by atoms with E-state index in [4.69, 9.17) is 37.9 Å². The lowest BCUT2D eigenvalue weighted by atomic mass is 9.44. The summed E-state index contributed by atoms with van der Waals surface area (Å²) in [7, 11) is 0. The summed E-state index contributed by atoms with van der Waals surface area (Å²) in [4.78, 5) is 0. The molecule has 17 nitrogen and oxygen atoms in total. The van der Waals surface area contributed by atoms with E-state index >= 15 is 0 Å². The molecule has 60 heavy (non-hydrogen) atoms. The van der Waals surface area contributed by atoms with Crippen LogP contribution in [0.3, 0.4) is 0 Å². The van der Waals surface area contributed by atoms with Gasteiger partial charge in [-0.2, -0.15) is 0 Å². The van der Waals surface area contributed by atoms with Crippen molar-refractivity contribution in [3.8, 4) is 0 Å². The van der Waals surface area contributed by atoms with E-state index in [1.165, 1.54) is 0 Å². The molecule has 0 aromatic carbocycles. The molecule has 5 aliphatic heterocycles. The minimum atomic E-state index is -1.69. The third-order valence-corrected chi connectivity index (χ3v) is 17.8. The van der Waals surface area contributed by atoms with Gasteiger partial charge in [0.1, 0.15) is 66.6 Å². The summed E-state index contributed by atoms with van der Waals surface area (Å²) in [6.07, 6.45) is -10.9. The highest BCUT2D eigenvalue weighted by atomic mass is 16.8. The second-order valence-electron chi connectivity index (χ2n) is 20.7. The molecule has 4 aliphatic carbocycles. The predicted octanol–water partition coefficient (Wildman–Crippen LogP) is -0.340. The smallest absolute Gasteiger partial charge is 0.187 e. The van der Waals surface area contributed by atoms with Gasteiger partial charge in [-0.05, 0) is 92.8 Å². The van der Waals surface area contributed by atoms with Gasteiger partial charge in [0.05, 0.1) is 38.6 Å². The number of ether oxygens (including phenoxy) is 8. The monoisotopic (exact) mass is 858 g/mol. The first-order chi connectivity index (χ1) is 28.5. The number of aliphatic hydroxyl groups excluding tert-OH is 8. The molecule has 5 heterocycles. The van der Waals surface area contributed by atoms with E-state index in [9.17, 15) is 46.0 Å². The normalized spacial score (nSPS) is 59.2. The summed E-state index contributed by atoms with van der Waals surface area (Å²) in [5, 5.41) is 97.3. The Hall–Kier alpha value is -0.680. The zero-order valence-corrected chi connectivity index (χ0v) is 35.3. The number of fused-ring (bicyclic) bond motifs is 7. The zero-order valence-electron chi connectivity index (χ0n) is 35.3. The van der Waals surface area contributed by atoms with Crippen LogP contribution in [0.2, 0.25) is 0 Å². The molecule has 0 amide bonds. The molecule has 25 unspecified atom stereocenters. The second kappa shape index (κ2) is 16.3. The molecule has 5 saturated heterocycles. The molecule has 1 spiro atoms. The molecule has 4 saturated carbocycles. The van der Waals surface area contributed by atoms with Gasteiger partial charge in [0.2, 0.25) is 0 Å². The van der Waals surface area contributed by atoms with Crippen LogP contribution < -0.4 is 0 Å². The van der Waals surface area contributed by atoms with Crippen molar-refractivity contribution >= 4 is 0 Å². The number of rotatable bonds is 7. The van der Waals surface area contributed by atoms with Crippen LogP contribution in [0.15, 0.2) is 0 Å². The van der Waals surface area contributed by atoms with Crippen LogP contribution in [-0.2, 0) is 37.9 Å². The predicted molar refractivity (Wildman–Crippen MR) is 205 cm³/mol. The maximum Gasteiger partial charge on any atom is 0.187 e. The molecular formula is C43H70O17. The van der Waals surface area contributed by atoms with Gasteiger partial charge in [-0.3, -0.25) is 0 Å². The average Bonchev–Trinajstić information content (AvgIpc) is 3.58. The van der Waals surface area contributed by atoms with Gasteiger partial charge >= 0.3 is 0 Å². The van der Waals surface area contributed by atoms with Crippen LogP contribution >= 0.6 is 0 Å². The van der Waals surface area contributed by atoms with Crippen LogP contribution in [0.4, 0.5) is 0 Å². The van der Waals surface area contributed by atoms with Gasteiger partial charge in [-0.1, -0.05) is 27.7 Å². The molecule has 9 fully saturated rings. The lowest BCUT2D eigenvalue weighted by Crippen LogP contribution is -2.66. The van der Waals surface area contributed by atoms with Gasteiger partial charge in [-0.15, -0.1) is 0 Å². The molecular weight excluding hydrogens is 788 g/mol. The number of aliphatic hydroxyl groups is 9. The first-order valence-corrected chi connectivity index (χ1v) is 22.7. The van der Waals surface area contributed by atoms with Crippen LogP contribution in [0.5, 0.6) is 0 Å². The van der Waals surface area contributed by atoms with E-state index in [1.807, 2.05) is 0 Å². The molecule has 0 radical (unpaired) electrons. The van der Waals surface area contributed by atoms with Crippen molar-refractivity contribution in [2.24, 2.45) is 46.3 Å². The highest BCUT2D eigenvalue weighted by molar-refractivity contribution is 5.23. The van der Waals surface area contributed by atoms with E-state index in [2.05, 4.69) is 27.7 Å². The van der Waals surface area contributed by atoms with Crippen molar-refractivity contribution in [1.82, 2.24) is 0 Å². The van der Waals surface area contributed by atoms with Gasteiger partial charge < -0.3 is 83.9 Å². The molecule has 344 valence electrons. The highest BCUT2D eigenvalue weighted by Crippen LogP contribution is 2.72. The van der Waals surface area contributed by atoms with Crippen LogP contribution in [-0.4, -0.2) is 176 Å². The van der Waals surface area contributed by atoms with Crippen LogP contribution in [0.1, 0.15) is 91.9 Å². The Kier molecular flexibility index (Phi) is 12.1. The van der Waals surface area contributed by atoms with Crippen LogP contribution in [0, 0.1) is 46.3 Å². The van der Waals surface area contributed by atoms with E-state index in [1.54, 1.807) is 0 Å². The van der Waals surface area contributed by atoms with Gasteiger partial charge in [0.25, 0.3) is 0 Å². The fourth-order valence-corrected chi connectivity index (χ4v) is 14.0. The third-order valence-electron chi connectivity index (χ3n) is 17.8. The van der Waals surface area contributed by atoms with Gasteiger partial charge in [0.15, 0.2) is 24.7 Å². The lowest BCUT2D eigenvalue weighted by molar-refractivity contribution is -0.382. The Balaban J connectivity index is 0.896. The fraction of sp³-hybridized carbons (Fsp3) is 1.00. The molecule has 25 atom stereocenters. The second-order valence-corrected chi connectivity index (χ2v) is 20.7. The Morgan fingerprint density at radius 1 is 0.650 bits per heavy atom. The summed E-state index contributed by atoms with van der Waals surface area (Å²) < 4.78 is 49.2. The quantitative estimate of drug-likeness (QED) is 0.149. The summed E-state index contributed by atoms with van der Waals surface area (Å²) in [6.45, 7) is 8.41. The summed E-state index contributed by atoms with van der Waals surface area (Å²) in [6, 6.07) is 0. The van der Waals surface area contributed by atoms with Crippen molar-refractivity contribution in [3.63, 3.8) is 0 Å². The molecule has 9 rings (SSSR count). The highest BCUT2D eigenvalue weighted by Gasteiger charge is 2.76. The van der Waals surface area contributed by atoms with E-state index in [-0.39, 0.29) is 42.2 Å². The topological polar surface area (TPSA) is 256 Å². The van der Waals surface area contributed by atoms with Gasteiger partial charge in [-0.25, -0.2) is 0 Å². The van der Waals surface area contributed by atoms with Crippen LogP contribution in [0.25, 0.3) is 0 Å². The van der Waals surface area contributed by atoms with Gasteiger partial charge in [0, 0.05) is 17.8 Å². The Labute approximate surface area is 351 Å². The fourth-order valence-electron chi connectivity index (χ4n) is 14.0. The number of hydrogen-bond donors (Lipinski definition) is 9. The third kappa shape index (κ3) is 6.90. The Bertz CT molecular complexity index is 1520. The SMILES string of the molecule is CC1CCC2(OC1)OC1CC3C4CCC5CC(OC6OC(CO)C(OC7OCC(O)C(O)C7O)C(O)C6OC6OCC(O)C(O)C6O)CCC5(C)C4CCC3(C)C1(O)C2C. The molecule has 9 aliphatic rings. The van der Waals surface area contributed by atoms with E-state index in [0.29, 0.717) is 42.6 Å². The molecule has 0 aromatic rings. The zero-order chi connectivity index (χ0) is 42.7. The van der Waals surface area contributed by atoms with Crippen molar-refractivity contribution in [2.75, 3.05) is 26.4 Å². The largest absolute Gasteiger partial charge is 0.394 e. The van der Waals surface area contributed by atoms with Crippen molar-refractivity contribution < 1.29 is 83.9 Å². The van der Waals surface area contributed by atoms with Crippen molar-refractivity contribution in [2.45, 2.75) is 195 Å². The summed E-state index contributed by atoms with van der Waals surface area (Å²) in [5.41, 5.74) is -1.19. The maximum absolute atomic E-state index is 12.8. The lowest BCUT2D eigenvalue weighted by Gasteiger charge is -2.62. The molecule has 0 bridgehead atoms. The number of hydrogen-bond acceptors (Lipinski definition) is 17. The molecule has 0 aromatic heterocycles. The van der Waals surface area contributed by atoms with Crippen molar-refractivity contribution in [1.29, 1.82) is 0 Å². The average molecular weight is 859 g/mol. The summed E-state index contributed by atoms with van der Waals surface area (Å²) >= 11 is 0. The van der Waals surface area contributed by atoms with E-state index in [0.717, 1.165) is 57.8 Å². The first kappa shape index (κ1) is 44.5.